The van der Waals surface area contributed by atoms with E-state index >= 15 is 0 Å². The lowest BCUT2D eigenvalue weighted by atomic mass is 10.0. The summed E-state index contributed by atoms with van der Waals surface area (Å²) in [6, 6.07) is 19.7. The SMILES string of the molecule is Cn1c(=O)n(-c2ccc(N3CCNCC3)c(C(F)(F)F)c2)c2c3cc(-c4cnc5ccccc5c4)ccc3ncc21. The van der Waals surface area contributed by atoms with Gasteiger partial charge >= 0.3 is 11.9 Å². The van der Waals surface area contributed by atoms with E-state index < -0.39 is 17.4 Å². The number of para-hydroxylation sites is 1. The number of pyridine rings is 2. The summed E-state index contributed by atoms with van der Waals surface area (Å²) in [5.41, 5.74) is 3.33. The fraction of sp³-hybridized carbons (Fsp3) is 0.194. The van der Waals surface area contributed by atoms with E-state index in [4.69, 9.17) is 0 Å². The second kappa shape index (κ2) is 9.45. The van der Waals surface area contributed by atoms with Crippen molar-refractivity contribution < 1.29 is 13.2 Å². The highest BCUT2D eigenvalue weighted by Crippen LogP contribution is 2.39. The van der Waals surface area contributed by atoms with Crippen molar-refractivity contribution in [1.82, 2.24) is 24.4 Å². The number of hydrogen-bond acceptors (Lipinski definition) is 5. The zero-order valence-corrected chi connectivity index (χ0v) is 22.1. The van der Waals surface area contributed by atoms with Crippen LogP contribution in [0.25, 0.3) is 49.7 Å². The van der Waals surface area contributed by atoms with Crippen molar-refractivity contribution in [1.29, 1.82) is 0 Å². The number of imidazole rings is 1. The topological polar surface area (TPSA) is 68.0 Å². The molecule has 10 heteroatoms. The van der Waals surface area contributed by atoms with Crippen LogP contribution in [0.4, 0.5) is 18.9 Å². The van der Waals surface area contributed by atoms with Gasteiger partial charge in [0.15, 0.2) is 0 Å². The smallest absolute Gasteiger partial charge is 0.368 e. The number of anilines is 1. The monoisotopic (exact) mass is 554 g/mol. The van der Waals surface area contributed by atoms with E-state index in [1.807, 2.05) is 48.5 Å². The van der Waals surface area contributed by atoms with Crippen LogP contribution in [0, 0.1) is 0 Å². The van der Waals surface area contributed by atoms with Gasteiger partial charge in [-0.2, -0.15) is 13.2 Å². The van der Waals surface area contributed by atoms with Gasteiger partial charge in [-0.3, -0.25) is 19.1 Å². The van der Waals surface area contributed by atoms with Gasteiger partial charge in [0.1, 0.15) is 0 Å². The summed E-state index contributed by atoms with van der Waals surface area (Å²) < 4.78 is 45.9. The highest BCUT2D eigenvalue weighted by Gasteiger charge is 2.36. The van der Waals surface area contributed by atoms with Crippen LogP contribution in [0.5, 0.6) is 0 Å². The van der Waals surface area contributed by atoms with Gasteiger partial charge in [-0.1, -0.05) is 24.3 Å². The van der Waals surface area contributed by atoms with Crippen LogP contribution in [-0.4, -0.2) is 45.3 Å². The molecule has 4 heterocycles. The highest BCUT2D eigenvalue weighted by molar-refractivity contribution is 6.05. The molecule has 0 bridgehead atoms. The molecule has 3 aromatic heterocycles. The molecule has 3 aromatic carbocycles. The molecular formula is C31H25F3N6O. The summed E-state index contributed by atoms with van der Waals surface area (Å²) in [7, 11) is 1.60. The molecule has 0 unspecified atom stereocenters. The Kier molecular flexibility index (Phi) is 5.83. The molecule has 206 valence electrons. The summed E-state index contributed by atoms with van der Waals surface area (Å²) >= 11 is 0. The molecule has 41 heavy (non-hydrogen) atoms. The third-order valence-electron chi connectivity index (χ3n) is 7.81. The molecule has 0 radical (unpaired) electrons. The number of piperazine rings is 1. The van der Waals surface area contributed by atoms with E-state index in [-0.39, 0.29) is 11.4 Å². The van der Waals surface area contributed by atoms with E-state index in [0.29, 0.717) is 48.1 Å². The summed E-state index contributed by atoms with van der Waals surface area (Å²) in [6.45, 7) is 2.16. The number of halogens is 3. The molecule has 7 rings (SSSR count). The maximum absolute atomic E-state index is 14.4. The number of nitrogens with zero attached hydrogens (tertiary/aromatic N) is 5. The Morgan fingerprint density at radius 1 is 0.854 bits per heavy atom. The predicted octanol–water partition coefficient (Wildman–Crippen LogP) is 5.52. The van der Waals surface area contributed by atoms with Gasteiger partial charge in [-0.15, -0.1) is 0 Å². The molecular weight excluding hydrogens is 529 g/mol. The highest BCUT2D eigenvalue weighted by atomic mass is 19.4. The molecule has 1 aliphatic heterocycles. The molecule has 0 atom stereocenters. The molecule has 0 aliphatic carbocycles. The number of aryl methyl sites for hydroxylation is 1. The van der Waals surface area contributed by atoms with Crippen molar-refractivity contribution in [2.45, 2.75) is 6.18 Å². The van der Waals surface area contributed by atoms with Gasteiger partial charge < -0.3 is 10.2 Å². The van der Waals surface area contributed by atoms with Crippen molar-refractivity contribution in [3.8, 4) is 16.8 Å². The number of nitrogens with one attached hydrogen (secondary N) is 1. The third kappa shape index (κ3) is 4.22. The van der Waals surface area contributed by atoms with E-state index in [2.05, 4.69) is 15.3 Å². The van der Waals surface area contributed by atoms with Crippen LogP contribution in [0.2, 0.25) is 0 Å². The normalized spacial score (nSPS) is 14.4. The summed E-state index contributed by atoms with van der Waals surface area (Å²) in [5, 5.41) is 4.82. The lowest BCUT2D eigenvalue weighted by molar-refractivity contribution is -0.137. The van der Waals surface area contributed by atoms with Crippen LogP contribution < -0.4 is 15.9 Å². The van der Waals surface area contributed by atoms with Crippen LogP contribution >= 0.6 is 0 Å². The average molecular weight is 555 g/mol. The molecule has 1 aliphatic rings. The first-order valence-electron chi connectivity index (χ1n) is 13.3. The molecule has 1 N–H and O–H groups in total. The number of fused-ring (bicyclic) bond motifs is 4. The zero-order chi connectivity index (χ0) is 28.3. The van der Waals surface area contributed by atoms with Gasteiger partial charge in [-0.05, 0) is 48.0 Å². The van der Waals surface area contributed by atoms with E-state index in [0.717, 1.165) is 28.1 Å². The second-order valence-electron chi connectivity index (χ2n) is 10.3. The Morgan fingerprint density at radius 3 is 2.44 bits per heavy atom. The Bertz CT molecular complexity index is 2020. The van der Waals surface area contributed by atoms with Crippen molar-refractivity contribution in [3.05, 3.63) is 95.2 Å². The molecule has 1 fully saturated rings. The number of alkyl halides is 3. The molecule has 1 saturated heterocycles. The Morgan fingerprint density at radius 2 is 1.63 bits per heavy atom. The van der Waals surface area contributed by atoms with Crippen molar-refractivity contribution >= 4 is 38.5 Å². The van der Waals surface area contributed by atoms with Crippen LogP contribution in [0.15, 0.2) is 83.9 Å². The Labute approximate surface area is 232 Å². The first-order valence-corrected chi connectivity index (χ1v) is 13.3. The Hall–Kier alpha value is -4.70. The van der Waals surface area contributed by atoms with Crippen molar-refractivity contribution in [2.75, 3.05) is 31.1 Å². The fourth-order valence-corrected chi connectivity index (χ4v) is 5.72. The van der Waals surface area contributed by atoms with Gasteiger partial charge in [0.25, 0.3) is 0 Å². The first kappa shape index (κ1) is 25.3. The predicted molar refractivity (Wildman–Crippen MR) is 155 cm³/mol. The maximum Gasteiger partial charge on any atom is 0.418 e. The van der Waals surface area contributed by atoms with Crippen LogP contribution in [0.1, 0.15) is 5.56 Å². The zero-order valence-electron chi connectivity index (χ0n) is 22.1. The van der Waals surface area contributed by atoms with E-state index in [9.17, 15) is 18.0 Å². The van der Waals surface area contributed by atoms with Crippen LogP contribution in [-0.2, 0) is 13.2 Å². The first-order chi connectivity index (χ1) is 19.8. The van der Waals surface area contributed by atoms with Crippen LogP contribution in [0.3, 0.4) is 0 Å². The largest absolute Gasteiger partial charge is 0.418 e. The lowest BCUT2D eigenvalue weighted by Crippen LogP contribution is -2.44. The summed E-state index contributed by atoms with van der Waals surface area (Å²) in [4.78, 5) is 24.4. The van der Waals surface area contributed by atoms with Gasteiger partial charge in [0.05, 0.1) is 39.5 Å². The van der Waals surface area contributed by atoms with Gasteiger partial charge in [-0.25, -0.2) is 4.79 Å². The number of benzene rings is 3. The van der Waals surface area contributed by atoms with Crippen molar-refractivity contribution in [2.24, 2.45) is 7.05 Å². The lowest BCUT2D eigenvalue weighted by Gasteiger charge is -2.31. The minimum atomic E-state index is -4.59. The average Bonchev–Trinajstić information content (AvgIpc) is 3.26. The van der Waals surface area contributed by atoms with E-state index in [1.54, 1.807) is 30.4 Å². The van der Waals surface area contributed by atoms with Gasteiger partial charge in [0, 0.05) is 61.4 Å². The van der Waals surface area contributed by atoms with E-state index in [1.165, 1.54) is 15.2 Å². The number of hydrogen-bond donors (Lipinski definition) is 1. The van der Waals surface area contributed by atoms with Gasteiger partial charge in [0.2, 0.25) is 0 Å². The molecule has 0 saturated carbocycles. The molecule has 0 amide bonds. The summed E-state index contributed by atoms with van der Waals surface area (Å²) in [5.74, 6) is 0. The standard InChI is InChI=1S/C31H25F3N6O/c1-38-28-18-37-26-8-6-19(21-14-20-4-2-3-5-25(20)36-17-21)15-23(26)29(28)40(30(38)41)22-7-9-27(24(16-22)31(32,33)34)39-12-10-35-11-13-39/h2-9,14-18,35H,10-13H2,1H3. The molecule has 0 spiro atoms. The fourth-order valence-electron chi connectivity index (χ4n) is 5.72. The minimum absolute atomic E-state index is 0.119. The number of rotatable bonds is 3. The second-order valence-corrected chi connectivity index (χ2v) is 10.3. The minimum Gasteiger partial charge on any atom is -0.368 e. The third-order valence-corrected chi connectivity index (χ3v) is 7.81. The molecule has 7 nitrogen and oxygen atoms in total. The summed E-state index contributed by atoms with van der Waals surface area (Å²) in [6.07, 6.45) is -1.21. The maximum atomic E-state index is 14.4. The quantitative estimate of drug-likeness (QED) is 0.312. The molecule has 6 aromatic rings. The Balaban J connectivity index is 1.45. The number of aromatic nitrogens is 4. The van der Waals surface area contributed by atoms with Crippen molar-refractivity contribution in [3.63, 3.8) is 0 Å².